The van der Waals surface area contributed by atoms with Crippen LogP contribution in [0.2, 0.25) is 0 Å². The summed E-state index contributed by atoms with van der Waals surface area (Å²) in [5.74, 6) is -0.850. The monoisotopic (exact) mass is 258 g/mol. The van der Waals surface area contributed by atoms with E-state index < -0.39 is 11.5 Å². The van der Waals surface area contributed by atoms with E-state index in [0.717, 1.165) is 25.7 Å². The molecular weight excluding hydrogens is 232 g/mol. The lowest BCUT2D eigenvalue weighted by Crippen LogP contribution is -2.51. The first kappa shape index (κ1) is 16.9. The van der Waals surface area contributed by atoms with Crippen LogP contribution in [0.25, 0.3) is 0 Å². The fourth-order valence-corrected chi connectivity index (χ4v) is 1.79. The van der Waals surface area contributed by atoms with Crippen molar-refractivity contribution in [1.29, 1.82) is 0 Å². The standard InChI is InChI=1S/C13H26N2O3/c1-3-9-13(2,14)12(18)15-10-7-5-4-6-8-11(16)17/h3-10,14H2,1-2H3,(H,15,18)(H,16,17). The van der Waals surface area contributed by atoms with E-state index in [-0.39, 0.29) is 12.3 Å². The largest absolute Gasteiger partial charge is 0.481 e. The topological polar surface area (TPSA) is 92.4 Å². The molecule has 1 atom stereocenters. The van der Waals surface area contributed by atoms with Crippen LogP contribution in [-0.4, -0.2) is 29.1 Å². The predicted molar refractivity (Wildman–Crippen MR) is 71.2 cm³/mol. The van der Waals surface area contributed by atoms with Crippen molar-refractivity contribution < 1.29 is 14.7 Å². The van der Waals surface area contributed by atoms with E-state index in [9.17, 15) is 9.59 Å². The Morgan fingerprint density at radius 1 is 1.22 bits per heavy atom. The summed E-state index contributed by atoms with van der Waals surface area (Å²) in [7, 11) is 0. The summed E-state index contributed by atoms with van der Waals surface area (Å²) in [6.07, 6.45) is 5.18. The number of hydrogen-bond donors (Lipinski definition) is 3. The molecule has 0 rings (SSSR count). The first-order valence-corrected chi connectivity index (χ1v) is 6.69. The van der Waals surface area contributed by atoms with Crippen LogP contribution in [0.5, 0.6) is 0 Å². The van der Waals surface area contributed by atoms with Crippen LogP contribution in [0, 0.1) is 0 Å². The third-order valence-electron chi connectivity index (χ3n) is 2.89. The first-order valence-electron chi connectivity index (χ1n) is 6.69. The fourth-order valence-electron chi connectivity index (χ4n) is 1.79. The molecule has 0 aliphatic heterocycles. The number of carbonyl (C=O) groups excluding carboxylic acids is 1. The number of carbonyl (C=O) groups is 2. The van der Waals surface area contributed by atoms with Gasteiger partial charge in [-0.1, -0.05) is 26.2 Å². The molecule has 0 radical (unpaired) electrons. The molecule has 0 bridgehead atoms. The summed E-state index contributed by atoms with van der Waals surface area (Å²) in [6.45, 7) is 4.36. The molecule has 0 aromatic rings. The van der Waals surface area contributed by atoms with Gasteiger partial charge in [-0.3, -0.25) is 9.59 Å². The number of amides is 1. The van der Waals surface area contributed by atoms with Crippen molar-refractivity contribution in [3.63, 3.8) is 0 Å². The number of hydrogen-bond acceptors (Lipinski definition) is 3. The molecule has 5 nitrogen and oxygen atoms in total. The van der Waals surface area contributed by atoms with E-state index in [4.69, 9.17) is 10.8 Å². The molecule has 5 heteroatoms. The Bertz CT molecular complexity index is 265. The molecule has 0 aliphatic rings. The molecule has 0 spiro atoms. The van der Waals surface area contributed by atoms with Gasteiger partial charge >= 0.3 is 5.97 Å². The molecule has 18 heavy (non-hydrogen) atoms. The van der Waals surface area contributed by atoms with Crippen LogP contribution in [0.4, 0.5) is 0 Å². The molecule has 1 amide bonds. The first-order chi connectivity index (χ1) is 8.40. The lowest BCUT2D eigenvalue weighted by Gasteiger charge is -2.22. The summed E-state index contributed by atoms with van der Waals surface area (Å²) in [4.78, 5) is 22.0. The van der Waals surface area contributed by atoms with Gasteiger partial charge in [0.15, 0.2) is 0 Å². The van der Waals surface area contributed by atoms with Gasteiger partial charge in [-0.15, -0.1) is 0 Å². The molecule has 0 saturated heterocycles. The Morgan fingerprint density at radius 3 is 2.39 bits per heavy atom. The highest BCUT2D eigenvalue weighted by Gasteiger charge is 2.26. The number of unbranched alkanes of at least 4 members (excludes halogenated alkanes) is 3. The SMILES string of the molecule is CCCC(C)(N)C(=O)NCCCCCCC(=O)O. The van der Waals surface area contributed by atoms with E-state index in [1.165, 1.54) is 0 Å². The molecule has 1 unspecified atom stereocenters. The van der Waals surface area contributed by atoms with Gasteiger partial charge in [-0.25, -0.2) is 0 Å². The van der Waals surface area contributed by atoms with Crippen LogP contribution in [-0.2, 0) is 9.59 Å². The van der Waals surface area contributed by atoms with Gasteiger partial charge in [0.1, 0.15) is 0 Å². The Kier molecular flexibility index (Phi) is 8.37. The molecule has 0 aliphatic carbocycles. The van der Waals surface area contributed by atoms with Crippen molar-refractivity contribution in [3.8, 4) is 0 Å². The van der Waals surface area contributed by atoms with Gasteiger partial charge in [-0.05, 0) is 26.2 Å². The number of rotatable bonds is 10. The Balaban J connectivity index is 3.54. The molecule has 4 N–H and O–H groups in total. The summed E-state index contributed by atoms with van der Waals surface area (Å²) in [5, 5.41) is 11.3. The maximum absolute atomic E-state index is 11.7. The normalized spacial score (nSPS) is 13.9. The molecule has 0 saturated carbocycles. The molecule has 106 valence electrons. The van der Waals surface area contributed by atoms with Crippen molar-refractivity contribution in [2.24, 2.45) is 5.73 Å². The minimum Gasteiger partial charge on any atom is -0.481 e. The van der Waals surface area contributed by atoms with E-state index in [0.29, 0.717) is 19.4 Å². The zero-order chi connectivity index (χ0) is 14.0. The lowest BCUT2D eigenvalue weighted by atomic mass is 9.96. The van der Waals surface area contributed by atoms with E-state index in [1.807, 2.05) is 6.92 Å². The second-order valence-corrected chi connectivity index (χ2v) is 4.98. The van der Waals surface area contributed by atoms with Gasteiger partial charge in [0, 0.05) is 13.0 Å². The number of nitrogens with two attached hydrogens (primary N) is 1. The Labute approximate surface area is 109 Å². The van der Waals surface area contributed by atoms with Crippen LogP contribution in [0.3, 0.4) is 0 Å². The summed E-state index contributed by atoms with van der Waals surface area (Å²) in [6, 6.07) is 0. The maximum Gasteiger partial charge on any atom is 0.303 e. The zero-order valence-corrected chi connectivity index (χ0v) is 11.5. The molecule has 0 heterocycles. The fraction of sp³-hybridized carbons (Fsp3) is 0.846. The Morgan fingerprint density at radius 2 is 1.83 bits per heavy atom. The van der Waals surface area contributed by atoms with E-state index >= 15 is 0 Å². The third-order valence-corrected chi connectivity index (χ3v) is 2.89. The zero-order valence-electron chi connectivity index (χ0n) is 11.5. The second kappa shape index (κ2) is 8.91. The predicted octanol–water partition coefficient (Wildman–Crippen LogP) is 1.66. The Hall–Kier alpha value is -1.10. The van der Waals surface area contributed by atoms with Crippen LogP contribution >= 0.6 is 0 Å². The van der Waals surface area contributed by atoms with E-state index in [2.05, 4.69) is 5.32 Å². The third kappa shape index (κ3) is 8.06. The molecule has 0 aromatic heterocycles. The highest BCUT2D eigenvalue weighted by atomic mass is 16.4. The van der Waals surface area contributed by atoms with Crippen molar-refractivity contribution in [2.45, 2.75) is 64.3 Å². The van der Waals surface area contributed by atoms with Gasteiger partial charge in [0.2, 0.25) is 5.91 Å². The molecule has 0 aromatic carbocycles. The van der Waals surface area contributed by atoms with Crippen molar-refractivity contribution in [2.75, 3.05) is 6.54 Å². The number of nitrogens with one attached hydrogen (secondary N) is 1. The van der Waals surface area contributed by atoms with Gasteiger partial charge < -0.3 is 16.2 Å². The van der Waals surface area contributed by atoms with Gasteiger partial charge in [0.05, 0.1) is 5.54 Å². The molecular formula is C13H26N2O3. The van der Waals surface area contributed by atoms with Crippen LogP contribution in [0.15, 0.2) is 0 Å². The summed E-state index contributed by atoms with van der Waals surface area (Å²) in [5.41, 5.74) is 5.11. The highest BCUT2D eigenvalue weighted by molar-refractivity contribution is 5.85. The average Bonchev–Trinajstić information content (AvgIpc) is 2.26. The van der Waals surface area contributed by atoms with Crippen LogP contribution < -0.4 is 11.1 Å². The molecule has 0 fully saturated rings. The highest BCUT2D eigenvalue weighted by Crippen LogP contribution is 2.08. The van der Waals surface area contributed by atoms with Crippen molar-refractivity contribution >= 4 is 11.9 Å². The summed E-state index contributed by atoms with van der Waals surface area (Å²) >= 11 is 0. The minimum absolute atomic E-state index is 0.102. The van der Waals surface area contributed by atoms with E-state index in [1.54, 1.807) is 6.92 Å². The maximum atomic E-state index is 11.7. The van der Waals surface area contributed by atoms with Crippen LogP contribution in [0.1, 0.15) is 58.8 Å². The lowest BCUT2D eigenvalue weighted by molar-refractivity contribution is -0.137. The van der Waals surface area contributed by atoms with Crippen molar-refractivity contribution in [3.05, 3.63) is 0 Å². The van der Waals surface area contributed by atoms with Crippen molar-refractivity contribution in [1.82, 2.24) is 5.32 Å². The quantitative estimate of drug-likeness (QED) is 0.519. The van der Waals surface area contributed by atoms with Gasteiger partial charge in [0.25, 0.3) is 0 Å². The second-order valence-electron chi connectivity index (χ2n) is 4.98. The smallest absolute Gasteiger partial charge is 0.303 e. The minimum atomic E-state index is -0.780. The average molecular weight is 258 g/mol. The number of aliphatic carboxylic acids is 1. The summed E-state index contributed by atoms with van der Waals surface area (Å²) < 4.78 is 0. The number of carboxylic acids is 1. The van der Waals surface area contributed by atoms with Gasteiger partial charge in [-0.2, -0.15) is 0 Å². The number of carboxylic acid groups (broad SMARTS) is 1.